The molecule has 1 amide bonds. The number of amides is 1. The van der Waals surface area contributed by atoms with E-state index in [4.69, 9.17) is 4.74 Å². The molecule has 0 aliphatic heterocycles. The van der Waals surface area contributed by atoms with E-state index in [1.165, 1.54) is 22.9 Å². The molecule has 4 aromatic rings. The molecule has 0 saturated heterocycles. The molecule has 0 saturated carbocycles. The van der Waals surface area contributed by atoms with Crippen molar-refractivity contribution in [2.45, 2.75) is 25.4 Å². The van der Waals surface area contributed by atoms with Crippen molar-refractivity contribution in [2.75, 3.05) is 18.2 Å². The zero-order valence-electron chi connectivity index (χ0n) is 18.8. The lowest BCUT2D eigenvalue weighted by Crippen LogP contribution is -2.12. The third-order valence-electron chi connectivity index (χ3n) is 5.25. The van der Waals surface area contributed by atoms with Gasteiger partial charge in [-0.2, -0.15) is 0 Å². The van der Waals surface area contributed by atoms with Crippen LogP contribution in [0, 0.1) is 13.8 Å². The lowest BCUT2D eigenvalue weighted by atomic mass is 10.1. The molecule has 0 atom stereocenters. The zero-order valence-corrected chi connectivity index (χ0v) is 19.6. The first-order chi connectivity index (χ1) is 16.0. The molecular weight excluding hydrogens is 434 g/mol. The van der Waals surface area contributed by atoms with Crippen LogP contribution in [0.5, 0.6) is 5.75 Å². The van der Waals surface area contributed by atoms with E-state index in [1.54, 1.807) is 19.5 Å². The Morgan fingerprint density at radius 3 is 2.45 bits per heavy atom. The van der Waals surface area contributed by atoms with E-state index in [2.05, 4.69) is 52.5 Å². The molecule has 2 aromatic heterocycles. The Morgan fingerprint density at radius 2 is 1.76 bits per heavy atom. The quantitative estimate of drug-likeness (QED) is 0.370. The summed E-state index contributed by atoms with van der Waals surface area (Å²) in [5.74, 6) is 2.01. The summed E-state index contributed by atoms with van der Waals surface area (Å²) >= 11 is 1.51. The minimum Gasteiger partial charge on any atom is -0.497 e. The third kappa shape index (κ3) is 5.40. The highest BCUT2D eigenvalue weighted by Crippen LogP contribution is 2.29. The van der Waals surface area contributed by atoms with Crippen LogP contribution >= 0.6 is 11.8 Å². The number of carbonyl (C=O) groups is 1. The number of aryl methyl sites for hydroxylation is 2. The number of hydrogen-bond donors (Lipinski definition) is 1. The SMILES string of the molecule is COc1ccc(NC(=O)CCSc2nnc(-c3ccncc3)n2-c2ccc(C)c(C)c2)cc1. The van der Waals surface area contributed by atoms with Crippen LogP contribution in [0.3, 0.4) is 0 Å². The number of pyridine rings is 1. The fraction of sp³-hybridized carbons (Fsp3) is 0.200. The molecule has 7 nitrogen and oxygen atoms in total. The Hall–Kier alpha value is -3.65. The molecule has 0 aliphatic carbocycles. The number of carbonyl (C=O) groups excluding carboxylic acids is 1. The largest absolute Gasteiger partial charge is 0.497 e. The first-order valence-corrected chi connectivity index (χ1v) is 11.5. The third-order valence-corrected chi connectivity index (χ3v) is 6.19. The van der Waals surface area contributed by atoms with Crippen molar-refractivity contribution in [3.05, 3.63) is 78.1 Å². The predicted molar refractivity (Wildman–Crippen MR) is 131 cm³/mol. The zero-order chi connectivity index (χ0) is 23.2. The first-order valence-electron chi connectivity index (χ1n) is 10.6. The number of anilines is 1. The number of thioether (sulfide) groups is 1. The lowest BCUT2D eigenvalue weighted by Gasteiger charge is -2.12. The molecule has 0 bridgehead atoms. The number of nitrogens with zero attached hydrogens (tertiary/aromatic N) is 4. The van der Waals surface area contributed by atoms with Crippen molar-refractivity contribution in [3.8, 4) is 22.8 Å². The van der Waals surface area contributed by atoms with Crippen LogP contribution in [0.2, 0.25) is 0 Å². The molecule has 33 heavy (non-hydrogen) atoms. The normalized spacial score (nSPS) is 10.8. The number of hydrogen-bond acceptors (Lipinski definition) is 6. The molecular formula is C25H25N5O2S. The highest BCUT2D eigenvalue weighted by Gasteiger charge is 2.17. The summed E-state index contributed by atoms with van der Waals surface area (Å²) in [5, 5.41) is 12.5. The standard InChI is InChI=1S/C25H25N5O2S/c1-17-4-7-21(16-18(17)2)30-24(19-10-13-26-14-11-19)28-29-25(30)33-15-12-23(31)27-20-5-8-22(32-3)9-6-20/h4-11,13-14,16H,12,15H2,1-3H3,(H,27,31). The second kappa shape index (κ2) is 10.3. The molecule has 0 fully saturated rings. The van der Waals surface area contributed by atoms with E-state index in [0.29, 0.717) is 12.2 Å². The van der Waals surface area contributed by atoms with Crippen LogP contribution in [0.15, 0.2) is 72.1 Å². The summed E-state index contributed by atoms with van der Waals surface area (Å²) in [6, 6.07) is 17.4. The highest BCUT2D eigenvalue weighted by atomic mass is 32.2. The van der Waals surface area contributed by atoms with Crippen molar-refractivity contribution in [1.29, 1.82) is 0 Å². The van der Waals surface area contributed by atoms with Crippen LogP contribution in [0.25, 0.3) is 17.1 Å². The lowest BCUT2D eigenvalue weighted by molar-refractivity contribution is -0.115. The van der Waals surface area contributed by atoms with Crippen LogP contribution in [0.4, 0.5) is 5.69 Å². The van der Waals surface area contributed by atoms with Gasteiger partial charge in [-0.1, -0.05) is 17.8 Å². The van der Waals surface area contributed by atoms with E-state index in [0.717, 1.165) is 33.7 Å². The van der Waals surface area contributed by atoms with Gasteiger partial charge in [0.1, 0.15) is 5.75 Å². The van der Waals surface area contributed by atoms with Crippen molar-refractivity contribution in [1.82, 2.24) is 19.7 Å². The predicted octanol–water partition coefficient (Wildman–Crippen LogP) is 5.08. The molecule has 0 radical (unpaired) electrons. The fourth-order valence-electron chi connectivity index (χ4n) is 3.28. The number of benzene rings is 2. The van der Waals surface area contributed by atoms with Gasteiger partial charge in [0.2, 0.25) is 5.91 Å². The molecule has 168 valence electrons. The molecule has 8 heteroatoms. The van der Waals surface area contributed by atoms with Crippen molar-refractivity contribution < 1.29 is 9.53 Å². The van der Waals surface area contributed by atoms with Gasteiger partial charge in [0.25, 0.3) is 0 Å². The molecule has 0 spiro atoms. The molecule has 4 rings (SSSR count). The van der Waals surface area contributed by atoms with E-state index < -0.39 is 0 Å². The summed E-state index contributed by atoms with van der Waals surface area (Å²) in [7, 11) is 1.61. The Bertz CT molecular complexity index is 1240. The summed E-state index contributed by atoms with van der Waals surface area (Å²) in [6.45, 7) is 4.18. The van der Waals surface area contributed by atoms with Gasteiger partial charge in [0, 0.05) is 35.8 Å². The van der Waals surface area contributed by atoms with E-state index in [1.807, 2.05) is 41.0 Å². The molecule has 0 aliphatic rings. The van der Waals surface area contributed by atoms with E-state index in [9.17, 15) is 4.79 Å². The molecule has 0 unspecified atom stereocenters. The van der Waals surface area contributed by atoms with Gasteiger partial charge in [-0.25, -0.2) is 0 Å². The second-order valence-corrected chi connectivity index (χ2v) is 8.58. The minimum atomic E-state index is -0.0562. The van der Waals surface area contributed by atoms with Gasteiger partial charge >= 0.3 is 0 Å². The number of methoxy groups -OCH3 is 1. The first kappa shape index (κ1) is 22.5. The summed E-state index contributed by atoms with van der Waals surface area (Å²) in [6.07, 6.45) is 3.83. The maximum Gasteiger partial charge on any atom is 0.225 e. The average Bonchev–Trinajstić information content (AvgIpc) is 3.26. The molecule has 2 heterocycles. The van der Waals surface area contributed by atoms with Crippen LogP contribution in [-0.4, -0.2) is 38.5 Å². The summed E-state index contributed by atoms with van der Waals surface area (Å²) in [4.78, 5) is 16.5. The molecule has 1 N–H and O–H groups in total. The van der Waals surface area contributed by atoms with Crippen molar-refractivity contribution in [2.24, 2.45) is 0 Å². The molecule has 2 aromatic carbocycles. The maximum atomic E-state index is 12.4. The Balaban J connectivity index is 1.50. The van der Waals surface area contributed by atoms with Gasteiger partial charge < -0.3 is 10.1 Å². The monoisotopic (exact) mass is 459 g/mol. The fourth-order valence-corrected chi connectivity index (χ4v) is 4.17. The smallest absolute Gasteiger partial charge is 0.225 e. The van der Waals surface area contributed by atoms with Crippen LogP contribution < -0.4 is 10.1 Å². The van der Waals surface area contributed by atoms with Crippen LogP contribution in [-0.2, 0) is 4.79 Å². The number of rotatable bonds is 8. The number of ether oxygens (including phenoxy) is 1. The Kier molecular flexibility index (Phi) is 7.04. The highest BCUT2D eigenvalue weighted by molar-refractivity contribution is 7.99. The Morgan fingerprint density at radius 1 is 1.00 bits per heavy atom. The maximum absolute atomic E-state index is 12.4. The van der Waals surface area contributed by atoms with E-state index >= 15 is 0 Å². The summed E-state index contributed by atoms with van der Waals surface area (Å²) in [5.41, 5.74) is 5.07. The average molecular weight is 460 g/mol. The number of nitrogens with one attached hydrogen (secondary N) is 1. The topological polar surface area (TPSA) is 81.9 Å². The van der Waals surface area contributed by atoms with Gasteiger partial charge in [-0.15, -0.1) is 10.2 Å². The van der Waals surface area contributed by atoms with Gasteiger partial charge in [0.05, 0.1) is 12.8 Å². The van der Waals surface area contributed by atoms with E-state index in [-0.39, 0.29) is 5.91 Å². The van der Waals surface area contributed by atoms with Crippen molar-refractivity contribution >= 4 is 23.4 Å². The number of aromatic nitrogens is 4. The minimum absolute atomic E-state index is 0.0562. The summed E-state index contributed by atoms with van der Waals surface area (Å²) < 4.78 is 7.18. The van der Waals surface area contributed by atoms with Crippen LogP contribution in [0.1, 0.15) is 17.5 Å². The van der Waals surface area contributed by atoms with Gasteiger partial charge in [-0.3, -0.25) is 14.3 Å². The van der Waals surface area contributed by atoms with Crippen molar-refractivity contribution in [3.63, 3.8) is 0 Å². The Labute approximate surface area is 197 Å². The second-order valence-electron chi connectivity index (χ2n) is 7.52. The van der Waals surface area contributed by atoms with Gasteiger partial charge in [-0.05, 0) is 73.5 Å². The van der Waals surface area contributed by atoms with Gasteiger partial charge in [0.15, 0.2) is 11.0 Å².